The first-order chi connectivity index (χ1) is 15.2. The fraction of sp³-hybridized carbons (Fsp3) is 0.364. The van der Waals surface area contributed by atoms with Gasteiger partial charge in [0.2, 0.25) is 11.8 Å². The molecular formula is C22H24FN7O. The maximum atomic E-state index is 12.6. The zero-order valence-corrected chi connectivity index (χ0v) is 17.3. The van der Waals surface area contributed by atoms with Crippen LogP contribution in [0.3, 0.4) is 0 Å². The summed E-state index contributed by atoms with van der Waals surface area (Å²) >= 11 is 0. The lowest BCUT2D eigenvalue weighted by Crippen LogP contribution is -2.40. The van der Waals surface area contributed by atoms with Crippen LogP contribution in [-0.4, -0.2) is 68.9 Å². The number of fused-ring (bicyclic) bond motifs is 2. The lowest BCUT2D eigenvalue weighted by molar-refractivity contribution is 0.202. The lowest BCUT2D eigenvalue weighted by atomic mass is 10.1. The summed E-state index contributed by atoms with van der Waals surface area (Å²) < 4.78 is 20.0. The van der Waals surface area contributed by atoms with E-state index in [4.69, 9.17) is 4.74 Å². The number of anilines is 1. The van der Waals surface area contributed by atoms with Gasteiger partial charge in [0, 0.05) is 49.8 Å². The number of nitrogens with zero attached hydrogens (tertiary/aromatic N) is 6. The van der Waals surface area contributed by atoms with E-state index in [-0.39, 0.29) is 12.7 Å². The number of alkyl halides is 1. The van der Waals surface area contributed by atoms with Crippen LogP contribution in [0.1, 0.15) is 12.8 Å². The summed E-state index contributed by atoms with van der Waals surface area (Å²) in [6.45, 7) is 1.96. The quantitative estimate of drug-likeness (QED) is 0.512. The normalized spacial score (nSPS) is 15.5. The van der Waals surface area contributed by atoms with E-state index in [1.165, 1.54) is 0 Å². The van der Waals surface area contributed by atoms with Gasteiger partial charge in [0.1, 0.15) is 12.2 Å². The highest BCUT2D eigenvalue weighted by Crippen LogP contribution is 2.32. The first-order valence-electron chi connectivity index (χ1n) is 10.4. The van der Waals surface area contributed by atoms with Crippen molar-refractivity contribution in [2.24, 2.45) is 0 Å². The summed E-state index contributed by atoms with van der Waals surface area (Å²) in [6.07, 6.45) is 7.14. The van der Waals surface area contributed by atoms with Crippen molar-refractivity contribution in [1.82, 2.24) is 29.5 Å². The maximum absolute atomic E-state index is 12.6. The van der Waals surface area contributed by atoms with E-state index in [2.05, 4.69) is 30.3 Å². The number of ether oxygens (including phenoxy) is 1. The molecule has 0 bridgehead atoms. The molecule has 4 heterocycles. The van der Waals surface area contributed by atoms with Gasteiger partial charge < -0.3 is 15.0 Å². The van der Waals surface area contributed by atoms with Crippen LogP contribution >= 0.6 is 0 Å². The van der Waals surface area contributed by atoms with Crippen molar-refractivity contribution in [1.29, 1.82) is 0 Å². The summed E-state index contributed by atoms with van der Waals surface area (Å²) in [7, 11) is 1.62. The molecule has 0 amide bonds. The Labute approximate surface area is 179 Å². The number of methoxy groups -OCH3 is 1. The molecule has 8 nitrogen and oxygen atoms in total. The molecule has 1 aliphatic heterocycles. The first-order valence-corrected chi connectivity index (χ1v) is 10.4. The molecule has 1 saturated heterocycles. The minimum absolute atomic E-state index is 0.257. The predicted molar refractivity (Wildman–Crippen MR) is 117 cm³/mol. The summed E-state index contributed by atoms with van der Waals surface area (Å²) in [5.74, 6) is 1.03. The van der Waals surface area contributed by atoms with E-state index in [1.54, 1.807) is 24.0 Å². The lowest BCUT2D eigenvalue weighted by Gasteiger charge is -2.31. The highest BCUT2D eigenvalue weighted by Gasteiger charge is 2.21. The smallest absolute Gasteiger partial charge is 0.244 e. The molecule has 9 heteroatoms. The van der Waals surface area contributed by atoms with Crippen LogP contribution in [0.15, 0.2) is 42.9 Å². The number of nitrogens with one attached hydrogen (secondary N) is 1. The molecule has 5 rings (SSSR count). The molecule has 1 aromatic carbocycles. The second-order valence-electron chi connectivity index (χ2n) is 7.68. The number of rotatable bonds is 6. The summed E-state index contributed by atoms with van der Waals surface area (Å²) in [5.41, 5.74) is 4.45. The van der Waals surface area contributed by atoms with E-state index in [0.29, 0.717) is 18.4 Å². The van der Waals surface area contributed by atoms with E-state index < -0.39 is 0 Å². The molecule has 1 aliphatic rings. The Morgan fingerprint density at radius 1 is 1.13 bits per heavy atom. The van der Waals surface area contributed by atoms with Gasteiger partial charge in [0.05, 0.1) is 18.1 Å². The van der Waals surface area contributed by atoms with Crippen LogP contribution in [0.4, 0.5) is 10.3 Å². The standard InChI is InChI=1S/C22H24FN7O/c1-31-21-20-17(15-2-3-18-19(14-15)25-9-8-24-18)6-12-30(20)28-22(27-21)26-16-4-10-29(11-5-16)13-7-23/h2-3,6,8-9,12,14,16H,4-5,7,10-11,13H2,1H3,(H,26,28). The Balaban J connectivity index is 1.44. The number of aromatic nitrogens is 5. The minimum Gasteiger partial charge on any atom is -0.479 e. The molecule has 31 heavy (non-hydrogen) atoms. The van der Waals surface area contributed by atoms with Gasteiger partial charge in [-0.25, -0.2) is 8.91 Å². The average Bonchev–Trinajstić information content (AvgIpc) is 3.24. The summed E-state index contributed by atoms with van der Waals surface area (Å²) in [6, 6.07) is 8.24. The number of likely N-dealkylation sites (tertiary alicyclic amines) is 1. The highest BCUT2D eigenvalue weighted by molar-refractivity contribution is 5.89. The van der Waals surface area contributed by atoms with Gasteiger partial charge in [0.15, 0.2) is 0 Å². The van der Waals surface area contributed by atoms with E-state index in [0.717, 1.165) is 53.6 Å². The van der Waals surface area contributed by atoms with Gasteiger partial charge in [-0.2, -0.15) is 4.98 Å². The fourth-order valence-corrected chi connectivity index (χ4v) is 4.16. The second kappa shape index (κ2) is 8.43. The second-order valence-corrected chi connectivity index (χ2v) is 7.68. The number of benzene rings is 1. The molecule has 0 saturated carbocycles. The van der Waals surface area contributed by atoms with Crippen molar-refractivity contribution in [3.05, 3.63) is 42.9 Å². The van der Waals surface area contributed by atoms with Crippen LogP contribution in [0.5, 0.6) is 5.88 Å². The zero-order valence-electron chi connectivity index (χ0n) is 17.3. The fourth-order valence-electron chi connectivity index (χ4n) is 4.16. The molecule has 3 aromatic heterocycles. The Hall–Kier alpha value is -3.33. The SMILES string of the molecule is COc1nc(NC2CCN(CCF)CC2)nn2ccc(-c3ccc4nccnc4c3)c12. The average molecular weight is 421 g/mol. The molecule has 0 unspecified atom stereocenters. The van der Waals surface area contributed by atoms with Crippen LogP contribution < -0.4 is 10.1 Å². The Morgan fingerprint density at radius 2 is 1.94 bits per heavy atom. The monoisotopic (exact) mass is 421 g/mol. The van der Waals surface area contributed by atoms with Crippen molar-refractivity contribution in [2.75, 3.05) is 38.7 Å². The van der Waals surface area contributed by atoms with Gasteiger partial charge in [-0.05, 0) is 36.6 Å². The third-order valence-electron chi connectivity index (χ3n) is 5.77. The van der Waals surface area contributed by atoms with Crippen LogP contribution in [0.2, 0.25) is 0 Å². The van der Waals surface area contributed by atoms with Crippen molar-refractivity contribution in [2.45, 2.75) is 18.9 Å². The van der Waals surface area contributed by atoms with Gasteiger partial charge in [-0.3, -0.25) is 9.97 Å². The van der Waals surface area contributed by atoms with Crippen molar-refractivity contribution < 1.29 is 9.13 Å². The van der Waals surface area contributed by atoms with E-state index >= 15 is 0 Å². The number of halogens is 1. The van der Waals surface area contributed by atoms with E-state index in [1.807, 2.05) is 30.5 Å². The molecule has 1 N–H and O–H groups in total. The summed E-state index contributed by atoms with van der Waals surface area (Å²) in [5, 5.41) is 8.08. The van der Waals surface area contributed by atoms with Crippen molar-refractivity contribution in [3.63, 3.8) is 0 Å². The Morgan fingerprint density at radius 3 is 2.71 bits per heavy atom. The molecule has 1 fully saturated rings. The van der Waals surface area contributed by atoms with Crippen LogP contribution in [-0.2, 0) is 0 Å². The molecule has 0 spiro atoms. The molecule has 160 valence electrons. The molecule has 4 aromatic rings. The van der Waals surface area contributed by atoms with Crippen molar-refractivity contribution in [3.8, 4) is 17.0 Å². The third kappa shape index (κ3) is 3.88. The van der Waals surface area contributed by atoms with Crippen LogP contribution in [0, 0.1) is 0 Å². The minimum atomic E-state index is -0.297. The highest BCUT2D eigenvalue weighted by atomic mass is 19.1. The zero-order chi connectivity index (χ0) is 21.2. The topological polar surface area (TPSA) is 80.5 Å². The molecular weight excluding hydrogens is 397 g/mol. The van der Waals surface area contributed by atoms with Gasteiger partial charge in [-0.1, -0.05) is 6.07 Å². The van der Waals surface area contributed by atoms with Crippen LogP contribution in [0.25, 0.3) is 27.7 Å². The Kier molecular flexibility index (Phi) is 5.33. The molecule has 0 aliphatic carbocycles. The predicted octanol–water partition coefficient (Wildman–Crippen LogP) is 3.19. The van der Waals surface area contributed by atoms with Gasteiger partial charge in [-0.15, -0.1) is 5.10 Å². The molecule has 0 radical (unpaired) electrons. The maximum Gasteiger partial charge on any atom is 0.244 e. The number of hydrogen-bond donors (Lipinski definition) is 1. The summed E-state index contributed by atoms with van der Waals surface area (Å²) in [4.78, 5) is 15.5. The van der Waals surface area contributed by atoms with E-state index in [9.17, 15) is 4.39 Å². The number of piperidine rings is 1. The van der Waals surface area contributed by atoms with Gasteiger partial charge >= 0.3 is 0 Å². The van der Waals surface area contributed by atoms with Crippen molar-refractivity contribution >= 4 is 22.5 Å². The van der Waals surface area contributed by atoms with Gasteiger partial charge in [0.25, 0.3) is 0 Å². The number of hydrogen-bond acceptors (Lipinski definition) is 7. The third-order valence-corrected chi connectivity index (χ3v) is 5.77. The first kappa shape index (κ1) is 19.6. The Bertz CT molecular complexity index is 1200. The molecule has 0 atom stereocenters. The largest absolute Gasteiger partial charge is 0.479 e.